The molecule has 2 aromatic carbocycles. The highest BCUT2D eigenvalue weighted by Gasteiger charge is 2.29. The molecule has 0 spiro atoms. The SMILES string of the molecule is CN=C1S/C(=C\c2cc(Cl)ccc2OCc2ccccc2)C(=O)N1C. The van der Waals surface area contributed by atoms with Gasteiger partial charge in [0.2, 0.25) is 0 Å². The fourth-order valence-electron chi connectivity index (χ4n) is 2.39. The molecule has 0 N–H and O–H groups in total. The number of thioether (sulfide) groups is 1. The molecule has 0 saturated carbocycles. The van der Waals surface area contributed by atoms with Gasteiger partial charge in [0, 0.05) is 24.7 Å². The summed E-state index contributed by atoms with van der Waals surface area (Å²) in [5.74, 6) is 0.596. The molecule has 1 saturated heterocycles. The van der Waals surface area contributed by atoms with Crippen molar-refractivity contribution in [2.24, 2.45) is 4.99 Å². The highest BCUT2D eigenvalue weighted by atomic mass is 35.5. The average molecular weight is 373 g/mol. The summed E-state index contributed by atoms with van der Waals surface area (Å²) in [6.45, 7) is 0.446. The number of amides is 1. The zero-order chi connectivity index (χ0) is 17.8. The molecule has 0 unspecified atom stereocenters. The van der Waals surface area contributed by atoms with Gasteiger partial charge in [-0.25, -0.2) is 0 Å². The van der Waals surface area contributed by atoms with Gasteiger partial charge in [0.1, 0.15) is 12.4 Å². The number of carbonyl (C=O) groups is 1. The van der Waals surface area contributed by atoms with Crippen LogP contribution in [-0.2, 0) is 11.4 Å². The fraction of sp³-hybridized carbons (Fsp3) is 0.158. The van der Waals surface area contributed by atoms with Crippen LogP contribution in [0.15, 0.2) is 58.4 Å². The van der Waals surface area contributed by atoms with Gasteiger partial charge in [0.15, 0.2) is 5.17 Å². The van der Waals surface area contributed by atoms with Gasteiger partial charge in [-0.3, -0.25) is 14.7 Å². The molecule has 2 aromatic rings. The second-order valence-electron chi connectivity index (χ2n) is 5.44. The number of benzene rings is 2. The molecule has 128 valence electrons. The highest BCUT2D eigenvalue weighted by Crippen LogP contribution is 2.34. The Morgan fingerprint density at radius 2 is 2.00 bits per heavy atom. The average Bonchev–Trinajstić information content (AvgIpc) is 2.90. The Labute approximate surface area is 156 Å². The number of likely N-dealkylation sites (N-methyl/N-ethyl adjacent to an activating group) is 1. The summed E-state index contributed by atoms with van der Waals surface area (Å²) >= 11 is 7.47. The van der Waals surface area contributed by atoms with Crippen LogP contribution in [0.2, 0.25) is 5.02 Å². The van der Waals surface area contributed by atoms with E-state index in [1.54, 1.807) is 32.3 Å². The van der Waals surface area contributed by atoms with Gasteiger partial charge in [-0.05, 0) is 41.6 Å². The first-order chi connectivity index (χ1) is 12.1. The predicted octanol–water partition coefficient (Wildman–Crippen LogP) is 4.45. The lowest BCUT2D eigenvalue weighted by molar-refractivity contribution is -0.121. The van der Waals surface area contributed by atoms with Crippen LogP contribution in [-0.4, -0.2) is 30.1 Å². The van der Waals surface area contributed by atoms with Gasteiger partial charge in [-0.1, -0.05) is 41.9 Å². The summed E-state index contributed by atoms with van der Waals surface area (Å²) in [5.41, 5.74) is 1.84. The lowest BCUT2D eigenvalue weighted by Crippen LogP contribution is -2.23. The Kier molecular flexibility index (Phi) is 5.46. The molecule has 1 aliphatic rings. The van der Waals surface area contributed by atoms with Crippen molar-refractivity contribution in [3.8, 4) is 5.75 Å². The van der Waals surface area contributed by atoms with Gasteiger partial charge < -0.3 is 4.74 Å². The van der Waals surface area contributed by atoms with Crippen LogP contribution >= 0.6 is 23.4 Å². The van der Waals surface area contributed by atoms with E-state index in [4.69, 9.17) is 16.3 Å². The lowest BCUT2D eigenvalue weighted by Gasteiger charge is -2.10. The van der Waals surface area contributed by atoms with Gasteiger partial charge in [0.05, 0.1) is 4.91 Å². The van der Waals surface area contributed by atoms with Crippen molar-refractivity contribution < 1.29 is 9.53 Å². The van der Waals surface area contributed by atoms with Crippen LogP contribution in [0.4, 0.5) is 0 Å². The third-order valence-electron chi connectivity index (χ3n) is 3.69. The number of rotatable bonds is 4. The van der Waals surface area contributed by atoms with E-state index in [-0.39, 0.29) is 5.91 Å². The van der Waals surface area contributed by atoms with Crippen LogP contribution in [0.5, 0.6) is 5.75 Å². The minimum absolute atomic E-state index is 0.0837. The molecule has 0 aromatic heterocycles. The maximum Gasteiger partial charge on any atom is 0.266 e. The molecule has 0 bridgehead atoms. The third kappa shape index (κ3) is 4.06. The normalized spacial score (nSPS) is 17.6. The van der Waals surface area contributed by atoms with Crippen molar-refractivity contribution >= 4 is 40.5 Å². The second kappa shape index (κ2) is 7.76. The predicted molar refractivity (Wildman–Crippen MR) is 104 cm³/mol. The lowest BCUT2D eigenvalue weighted by atomic mass is 10.1. The quantitative estimate of drug-likeness (QED) is 0.744. The van der Waals surface area contributed by atoms with Crippen LogP contribution in [0, 0.1) is 0 Å². The van der Waals surface area contributed by atoms with E-state index in [9.17, 15) is 4.79 Å². The summed E-state index contributed by atoms with van der Waals surface area (Å²) in [6, 6.07) is 15.3. The highest BCUT2D eigenvalue weighted by molar-refractivity contribution is 8.18. The number of hydrogen-bond acceptors (Lipinski definition) is 4. The van der Waals surface area contributed by atoms with Gasteiger partial charge in [0.25, 0.3) is 5.91 Å². The summed E-state index contributed by atoms with van der Waals surface area (Å²) < 4.78 is 5.94. The van der Waals surface area contributed by atoms with Crippen molar-refractivity contribution in [2.45, 2.75) is 6.61 Å². The molecule has 0 aliphatic carbocycles. The van der Waals surface area contributed by atoms with Gasteiger partial charge >= 0.3 is 0 Å². The topological polar surface area (TPSA) is 41.9 Å². The van der Waals surface area contributed by atoms with Gasteiger partial charge in [-0.2, -0.15) is 0 Å². The molecule has 1 aliphatic heterocycles. The summed E-state index contributed by atoms with van der Waals surface area (Å²) in [4.78, 5) is 18.6. The summed E-state index contributed by atoms with van der Waals surface area (Å²) in [5, 5.41) is 1.26. The molecular weight excluding hydrogens is 356 g/mol. The number of aliphatic imine (C=N–C) groups is 1. The standard InChI is InChI=1S/C19H17ClN2O2S/c1-21-19-22(2)18(23)17(25-19)11-14-10-15(20)8-9-16(14)24-12-13-6-4-3-5-7-13/h3-11H,12H2,1-2H3/b17-11-,21-19?. The Balaban J connectivity index is 1.87. The third-order valence-corrected chi connectivity index (χ3v) is 5.08. The summed E-state index contributed by atoms with van der Waals surface area (Å²) in [6.07, 6.45) is 1.80. The number of amidine groups is 1. The van der Waals surface area contributed by atoms with E-state index >= 15 is 0 Å². The summed E-state index contributed by atoms with van der Waals surface area (Å²) in [7, 11) is 3.38. The number of ether oxygens (including phenoxy) is 1. The largest absolute Gasteiger partial charge is 0.488 e. The zero-order valence-corrected chi connectivity index (χ0v) is 15.5. The monoisotopic (exact) mass is 372 g/mol. The zero-order valence-electron chi connectivity index (χ0n) is 13.9. The Hall–Kier alpha value is -2.24. The van der Waals surface area contributed by atoms with Crippen molar-refractivity contribution in [3.63, 3.8) is 0 Å². The number of nitrogens with zero attached hydrogens (tertiary/aromatic N) is 2. The fourth-order valence-corrected chi connectivity index (χ4v) is 3.49. The Morgan fingerprint density at radius 3 is 2.68 bits per heavy atom. The molecule has 3 rings (SSSR count). The maximum absolute atomic E-state index is 12.3. The van der Waals surface area contributed by atoms with E-state index in [0.717, 1.165) is 11.1 Å². The smallest absolute Gasteiger partial charge is 0.266 e. The van der Waals surface area contributed by atoms with Crippen molar-refractivity contribution in [1.82, 2.24) is 4.90 Å². The Bertz CT molecular complexity index is 850. The minimum Gasteiger partial charge on any atom is -0.488 e. The van der Waals surface area contributed by atoms with Crippen LogP contribution in [0.25, 0.3) is 6.08 Å². The van der Waals surface area contributed by atoms with Crippen molar-refractivity contribution in [2.75, 3.05) is 14.1 Å². The minimum atomic E-state index is -0.0837. The van der Waals surface area contributed by atoms with E-state index in [0.29, 0.717) is 27.5 Å². The molecule has 0 radical (unpaired) electrons. The second-order valence-corrected chi connectivity index (χ2v) is 6.88. The number of hydrogen-bond donors (Lipinski definition) is 0. The van der Waals surface area contributed by atoms with Crippen LogP contribution in [0.1, 0.15) is 11.1 Å². The molecule has 1 amide bonds. The first kappa shape index (κ1) is 17.6. The number of carbonyl (C=O) groups excluding carboxylic acids is 1. The van der Waals surface area contributed by atoms with E-state index < -0.39 is 0 Å². The van der Waals surface area contributed by atoms with Gasteiger partial charge in [-0.15, -0.1) is 0 Å². The molecule has 0 atom stereocenters. The maximum atomic E-state index is 12.3. The number of halogens is 1. The van der Waals surface area contributed by atoms with E-state index in [1.165, 1.54) is 16.7 Å². The molecule has 25 heavy (non-hydrogen) atoms. The Morgan fingerprint density at radius 1 is 1.24 bits per heavy atom. The van der Waals surface area contributed by atoms with Crippen LogP contribution in [0.3, 0.4) is 0 Å². The van der Waals surface area contributed by atoms with Crippen molar-refractivity contribution in [3.05, 3.63) is 69.6 Å². The molecule has 6 heteroatoms. The molecule has 1 fully saturated rings. The van der Waals surface area contributed by atoms with E-state index in [2.05, 4.69) is 4.99 Å². The molecular formula is C19H17ClN2O2S. The first-order valence-electron chi connectivity index (χ1n) is 7.69. The first-order valence-corrected chi connectivity index (χ1v) is 8.88. The molecule has 1 heterocycles. The molecule has 4 nitrogen and oxygen atoms in total. The van der Waals surface area contributed by atoms with Crippen molar-refractivity contribution in [1.29, 1.82) is 0 Å². The van der Waals surface area contributed by atoms with Crippen LogP contribution < -0.4 is 4.74 Å². The van der Waals surface area contributed by atoms with E-state index in [1.807, 2.05) is 36.4 Å².